The fraction of sp³-hybridized carbons (Fsp3) is 1.00. The first-order valence-electron chi connectivity index (χ1n) is 5.27. The van der Waals surface area contributed by atoms with Crippen molar-refractivity contribution in [3.63, 3.8) is 0 Å². The summed E-state index contributed by atoms with van der Waals surface area (Å²) in [5, 5.41) is 0. The fourth-order valence-electron chi connectivity index (χ4n) is 1.58. The first kappa shape index (κ1) is 13.9. The Morgan fingerprint density at radius 2 is 1.94 bits per heavy atom. The molecule has 1 saturated heterocycles. The van der Waals surface area contributed by atoms with Gasteiger partial charge in [0, 0.05) is 0 Å². The van der Waals surface area contributed by atoms with Crippen LogP contribution in [0, 0.1) is 0 Å². The summed E-state index contributed by atoms with van der Waals surface area (Å²) < 4.78 is 20.9. The summed E-state index contributed by atoms with van der Waals surface area (Å²) in [4.78, 5) is 48.1. The Balaban J connectivity index is 2.52. The molecule has 0 bridgehead atoms. The molecule has 0 aromatic rings. The topological polar surface area (TPSA) is 149 Å². The van der Waals surface area contributed by atoms with Crippen molar-refractivity contribution in [1.29, 1.82) is 1.43 Å². The van der Waals surface area contributed by atoms with Crippen LogP contribution in [0.25, 0.3) is 0 Å². The van der Waals surface area contributed by atoms with Gasteiger partial charge in [-0.05, 0) is 0 Å². The molecular formula is C6H18O9P2. The van der Waals surface area contributed by atoms with Crippen LogP contribution < -0.4 is 0 Å². The van der Waals surface area contributed by atoms with Gasteiger partial charge in [-0.15, -0.1) is 0 Å². The van der Waals surface area contributed by atoms with Gasteiger partial charge in [-0.2, -0.15) is 0 Å². The summed E-state index contributed by atoms with van der Waals surface area (Å²) >= 11 is 0. The Hall–Kier alpha value is 0.500. The van der Waals surface area contributed by atoms with Crippen LogP contribution >= 0.6 is 16.3 Å². The molecule has 3 atom stereocenters. The summed E-state index contributed by atoms with van der Waals surface area (Å²) in [6, 6.07) is 0. The second kappa shape index (κ2) is 5.64. The predicted molar refractivity (Wildman–Crippen MR) is 59.7 cm³/mol. The molecule has 1 fully saturated rings. The molecule has 1 aliphatic heterocycles. The van der Waals surface area contributed by atoms with Crippen molar-refractivity contribution in [3.05, 3.63) is 0 Å². The van der Waals surface area contributed by atoms with Crippen LogP contribution in [0.2, 0.25) is 0 Å². The molecule has 0 unspecified atom stereocenters. The molecule has 0 aromatic heterocycles. The third kappa shape index (κ3) is 6.28. The molecule has 0 amide bonds. The van der Waals surface area contributed by atoms with Crippen LogP contribution in [-0.4, -0.2) is 55.7 Å². The third-order valence-corrected chi connectivity index (χ3v) is 3.29. The van der Waals surface area contributed by atoms with Crippen molar-refractivity contribution in [2.24, 2.45) is 0 Å². The van der Waals surface area contributed by atoms with Crippen molar-refractivity contribution < 1.29 is 43.1 Å². The summed E-state index contributed by atoms with van der Waals surface area (Å²) in [6.45, 7) is 1.31. The average molecular weight is 297 g/mol. The van der Waals surface area contributed by atoms with Gasteiger partial charge < -0.3 is 0 Å². The molecule has 6 N–H and O–H groups in total. The zero-order chi connectivity index (χ0) is 14.0. The van der Waals surface area contributed by atoms with Gasteiger partial charge in [0.2, 0.25) is 0 Å². The van der Waals surface area contributed by atoms with E-state index in [9.17, 15) is 0 Å². The first-order valence-corrected chi connectivity index (χ1v) is 8.32. The van der Waals surface area contributed by atoms with E-state index in [1.807, 2.05) is 0 Å². The monoisotopic (exact) mass is 297 g/mol. The van der Waals surface area contributed by atoms with Gasteiger partial charge in [-0.3, -0.25) is 0 Å². The van der Waals surface area contributed by atoms with Gasteiger partial charge >= 0.3 is 99.2 Å². The standard InChI is InChI=1S/C6H18O9P2/c1-4-2-5(15-17(10,11)12)6(14-4)3-13-16(7,8)9/h4-12,16-17H,2-3H2,1H3/t4-,5+,6+/m0/s1/i7D. The van der Waals surface area contributed by atoms with E-state index in [0.717, 1.165) is 0 Å². The van der Waals surface area contributed by atoms with E-state index in [-0.39, 0.29) is 19.1 Å². The second-order valence-electron chi connectivity index (χ2n) is 3.81. The van der Waals surface area contributed by atoms with E-state index < -0.39 is 28.5 Å². The normalized spacial score (nSPS) is 33.5. The molecule has 1 heterocycles. The van der Waals surface area contributed by atoms with Gasteiger partial charge in [0.15, 0.2) is 0 Å². The van der Waals surface area contributed by atoms with Crippen molar-refractivity contribution >= 4 is 16.3 Å². The zero-order valence-corrected chi connectivity index (χ0v) is 11.0. The fourth-order valence-corrected chi connectivity index (χ4v) is 2.62. The quantitative estimate of drug-likeness (QED) is 0.317. The summed E-state index contributed by atoms with van der Waals surface area (Å²) in [5.41, 5.74) is 0. The Morgan fingerprint density at radius 3 is 2.47 bits per heavy atom. The summed E-state index contributed by atoms with van der Waals surface area (Å²) in [7, 11) is -9.19. The zero-order valence-electron chi connectivity index (χ0n) is 10.0. The van der Waals surface area contributed by atoms with Crippen LogP contribution in [0.4, 0.5) is 0 Å². The van der Waals surface area contributed by atoms with Crippen LogP contribution in [0.5, 0.6) is 0 Å². The van der Waals surface area contributed by atoms with E-state index in [0.29, 0.717) is 0 Å². The van der Waals surface area contributed by atoms with Crippen LogP contribution in [-0.2, 0) is 13.8 Å². The number of hydrogen-bond donors (Lipinski definition) is 6. The van der Waals surface area contributed by atoms with Crippen molar-refractivity contribution in [2.45, 2.75) is 31.7 Å². The Morgan fingerprint density at radius 1 is 1.29 bits per heavy atom. The Bertz CT molecular complexity index is 272. The van der Waals surface area contributed by atoms with E-state index in [1.54, 1.807) is 6.92 Å². The maximum absolute atomic E-state index is 8.99. The Kier molecular flexibility index (Phi) is 4.62. The molecule has 0 aromatic carbocycles. The number of ether oxygens (including phenoxy) is 1. The number of hydrogen-bond acceptors (Lipinski definition) is 9. The summed E-state index contributed by atoms with van der Waals surface area (Å²) in [5.74, 6) is 0. The third-order valence-electron chi connectivity index (χ3n) is 2.13. The molecule has 0 spiro atoms. The first-order chi connectivity index (χ1) is 8.13. The van der Waals surface area contributed by atoms with E-state index in [4.69, 9.17) is 30.6 Å². The van der Waals surface area contributed by atoms with Gasteiger partial charge in [0.25, 0.3) is 0 Å². The molecule has 9 nitrogen and oxygen atoms in total. The van der Waals surface area contributed by atoms with E-state index in [2.05, 4.69) is 13.9 Å². The van der Waals surface area contributed by atoms with Gasteiger partial charge in [0.1, 0.15) is 0 Å². The molecule has 17 heavy (non-hydrogen) atoms. The molecule has 106 valence electrons. The average Bonchev–Trinajstić information content (AvgIpc) is 2.53. The Labute approximate surface area is 100 Å². The number of rotatable bonds is 6. The van der Waals surface area contributed by atoms with E-state index in [1.165, 1.54) is 0 Å². The summed E-state index contributed by atoms with van der Waals surface area (Å²) in [6.07, 6.45) is -1.70. The van der Waals surface area contributed by atoms with Crippen LogP contribution in [0.3, 0.4) is 0 Å². The minimum absolute atomic E-state index is 0.275. The molecule has 11 heteroatoms. The predicted octanol–water partition coefficient (Wildman–Crippen LogP) is -1.66. The van der Waals surface area contributed by atoms with Crippen LogP contribution in [0.15, 0.2) is 0 Å². The van der Waals surface area contributed by atoms with E-state index >= 15 is 0 Å². The van der Waals surface area contributed by atoms with Gasteiger partial charge in [-0.25, -0.2) is 0 Å². The maximum atomic E-state index is 8.99. The van der Waals surface area contributed by atoms with Crippen molar-refractivity contribution in [3.8, 4) is 0 Å². The van der Waals surface area contributed by atoms with Crippen LogP contribution in [0.1, 0.15) is 13.3 Å². The molecular weight excluding hydrogens is 278 g/mol. The molecule has 1 rings (SSSR count). The van der Waals surface area contributed by atoms with Crippen molar-refractivity contribution in [2.75, 3.05) is 6.61 Å². The molecule has 0 aliphatic carbocycles. The molecule has 1 aliphatic rings. The van der Waals surface area contributed by atoms with Gasteiger partial charge in [0.05, 0.1) is 0 Å². The van der Waals surface area contributed by atoms with Crippen molar-refractivity contribution in [1.82, 2.24) is 0 Å². The molecule has 0 radical (unpaired) electrons. The minimum atomic E-state index is -4.69. The second-order valence-corrected chi connectivity index (χ2v) is 6.58. The SMILES string of the molecule is [2H]O[PH](O)(O)OC[C@H]1O[C@@H](C)C[C@H]1O[PH](O)(O)O. The molecule has 0 saturated carbocycles. The van der Waals surface area contributed by atoms with Gasteiger partial charge in [-0.1, -0.05) is 0 Å².